The van der Waals surface area contributed by atoms with Crippen molar-refractivity contribution < 1.29 is 9.47 Å². The molecule has 0 aliphatic carbocycles. The van der Waals surface area contributed by atoms with Gasteiger partial charge in [0.1, 0.15) is 11.5 Å². The molecule has 0 N–H and O–H groups in total. The van der Waals surface area contributed by atoms with E-state index in [0.717, 1.165) is 50.4 Å². The molecule has 2 aromatic rings. The Balaban J connectivity index is 1.36. The molecule has 154 valence electrons. The maximum atomic E-state index is 5.81. The quantitative estimate of drug-likeness (QED) is 0.299. The van der Waals surface area contributed by atoms with Gasteiger partial charge in [0.25, 0.3) is 0 Å². The van der Waals surface area contributed by atoms with E-state index in [9.17, 15) is 0 Å². The predicted octanol–water partition coefficient (Wildman–Crippen LogP) is 7.39. The second kappa shape index (κ2) is 14.1. The first kappa shape index (κ1) is 22.3. The summed E-state index contributed by atoms with van der Waals surface area (Å²) in [7, 11) is 0. The zero-order chi connectivity index (χ0) is 19.9. The maximum absolute atomic E-state index is 5.81. The largest absolute Gasteiger partial charge is 0.494 e. The molecule has 0 bridgehead atoms. The van der Waals surface area contributed by atoms with E-state index in [1.807, 2.05) is 0 Å². The van der Waals surface area contributed by atoms with Crippen LogP contribution in [0.4, 0.5) is 0 Å². The van der Waals surface area contributed by atoms with Crippen LogP contribution in [0.5, 0.6) is 11.5 Å². The number of benzene rings is 2. The molecule has 0 aromatic heterocycles. The molecule has 0 aliphatic heterocycles. The van der Waals surface area contributed by atoms with Gasteiger partial charge in [0.2, 0.25) is 0 Å². The Bertz CT molecular complexity index is 558. The van der Waals surface area contributed by atoms with Crippen LogP contribution in [0.25, 0.3) is 0 Å². The number of aryl methyl sites for hydroxylation is 2. The summed E-state index contributed by atoms with van der Waals surface area (Å²) in [6, 6.07) is 17.0. The highest BCUT2D eigenvalue weighted by Crippen LogP contribution is 2.15. The number of unbranched alkanes of at least 4 members (excludes halogenated alkanes) is 7. The Kier molecular flexibility index (Phi) is 11.2. The summed E-state index contributed by atoms with van der Waals surface area (Å²) >= 11 is 0. The standard InChI is InChI=1S/C26H38O2/c1-3-23-13-17-25(18-14-23)27-21-11-9-7-5-6-8-10-12-22-28-26-19-15-24(4-2)16-20-26/h13-20H,3-12,21-22H2,1-2H3. The molecular weight excluding hydrogens is 344 g/mol. The number of hydrogen-bond donors (Lipinski definition) is 0. The van der Waals surface area contributed by atoms with Gasteiger partial charge in [-0.15, -0.1) is 0 Å². The second-order valence-electron chi connectivity index (χ2n) is 7.52. The number of hydrogen-bond acceptors (Lipinski definition) is 2. The van der Waals surface area contributed by atoms with Crippen LogP contribution in [0.3, 0.4) is 0 Å². The predicted molar refractivity (Wildman–Crippen MR) is 120 cm³/mol. The zero-order valence-corrected chi connectivity index (χ0v) is 17.9. The first-order chi connectivity index (χ1) is 13.8. The molecule has 0 saturated heterocycles. The van der Waals surface area contributed by atoms with E-state index >= 15 is 0 Å². The van der Waals surface area contributed by atoms with Gasteiger partial charge in [-0.1, -0.05) is 76.6 Å². The molecule has 0 heterocycles. The Morgan fingerprint density at radius 1 is 0.464 bits per heavy atom. The Labute approximate surface area is 172 Å². The molecule has 2 aromatic carbocycles. The summed E-state index contributed by atoms with van der Waals surface area (Å²) in [5.74, 6) is 2.00. The Morgan fingerprint density at radius 2 is 0.786 bits per heavy atom. The van der Waals surface area contributed by atoms with Crippen molar-refractivity contribution >= 4 is 0 Å². The second-order valence-corrected chi connectivity index (χ2v) is 7.52. The van der Waals surface area contributed by atoms with Crippen LogP contribution in [0, 0.1) is 0 Å². The minimum atomic E-state index is 0.835. The average molecular weight is 383 g/mol. The van der Waals surface area contributed by atoms with Crippen molar-refractivity contribution in [3.8, 4) is 11.5 Å². The highest BCUT2D eigenvalue weighted by molar-refractivity contribution is 5.27. The molecule has 2 nitrogen and oxygen atoms in total. The number of ether oxygens (including phenoxy) is 2. The smallest absolute Gasteiger partial charge is 0.119 e. The van der Waals surface area contributed by atoms with Crippen LogP contribution in [-0.4, -0.2) is 13.2 Å². The van der Waals surface area contributed by atoms with E-state index in [0.29, 0.717) is 0 Å². The van der Waals surface area contributed by atoms with Gasteiger partial charge in [-0.3, -0.25) is 0 Å². The third-order valence-electron chi connectivity index (χ3n) is 5.24. The lowest BCUT2D eigenvalue weighted by atomic mass is 10.1. The van der Waals surface area contributed by atoms with Crippen molar-refractivity contribution in [2.75, 3.05) is 13.2 Å². The first-order valence-corrected chi connectivity index (χ1v) is 11.2. The fraction of sp³-hybridized carbons (Fsp3) is 0.538. The monoisotopic (exact) mass is 382 g/mol. The molecule has 0 amide bonds. The summed E-state index contributed by atoms with van der Waals surface area (Å²) < 4.78 is 11.6. The maximum Gasteiger partial charge on any atom is 0.119 e. The lowest BCUT2D eigenvalue weighted by Gasteiger charge is -2.07. The summed E-state index contributed by atoms with van der Waals surface area (Å²) in [6.45, 7) is 6.02. The van der Waals surface area contributed by atoms with Crippen molar-refractivity contribution in [2.45, 2.75) is 78.1 Å². The molecule has 0 saturated carbocycles. The summed E-state index contributed by atoms with van der Waals surface area (Å²) in [4.78, 5) is 0. The van der Waals surface area contributed by atoms with E-state index in [-0.39, 0.29) is 0 Å². The summed E-state index contributed by atoms with van der Waals surface area (Å²) in [5, 5.41) is 0. The van der Waals surface area contributed by atoms with Crippen molar-refractivity contribution in [3.05, 3.63) is 59.7 Å². The minimum Gasteiger partial charge on any atom is -0.494 e. The van der Waals surface area contributed by atoms with E-state index in [1.54, 1.807) is 0 Å². The Hall–Kier alpha value is -1.96. The van der Waals surface area contributed by atoms with E-state index in [4.69, 9.17) is 9.47 Å². The molecule has 28 heavy (non-hydrogen) atoms. The van der Waals surface area contributed by atoms with Crippen molar-refractivity contribution in [1.82, 2.24) is 0 Å². The topological polar surface area (TPSA) is 18.5 Å². The summed E-state index contributed by atoms with van der Waals surface area (Å²) in [6.07, 6.45) is 12.3. The van der Waals surface area contributed by atoms with Crippen LogP contribution in [0.2, 0.25) is 0 Å². The molecule has 0 radical (unpaired) electrons. The molecule has 0 spiro atoms. The lowest BCUT2D eigenvalue weighted by Crippen LogP contribution is -1.98. The van der Waals surface area contributed by atoms with Gasteiger partial charge in [-0.25, -0.2) is 0 Å². The minimum absolute atomic E-state index is 0.835. The molecule has 0 aliphatic rings. The van der Waals surface area contributed by atoms with Gasteiger partial charge in [0.15, 0.2) is 0 Å². The SMILES string of the molecule is CCc1ccc(OCCCCCCCCCCOc2ccc(CC)cc2)cc1. The third kappa shape index (κ3) is 9.30. The van der Waals surface area contributed by atoms with Gasteiger partial charge in [-0.05, 0) is 61.1 Å². The van der Waals surface area contributed by atoms with Gasteiger partial charge in [-0.2, -0.15) is 0 Å². The molecule has 0 unspecified atom stereocenters. The van der Waals surface area contributed by atoms with Gasteiger partial charge >= 0.3 is 0 Å². The van der Waals surface area contributed by atoms with Crippen LogP contribution < -0.4 is 9.47 Å². The van der Waals surface area contributed by atoms with Crippen molar-refractivity contribution in [2.24, 2.45) is 0 Å². The zero-order valence-electron chi connectivity index (χ0n) is 17.9. The van der Waals surface area contributed by atoms with Gasteiger partial charge in [0, 0.05) is 0 Å². The van der Waals surface area contributed by atoms with E-state index in [2.05, 4.69) is 62.4 Å². The van der Waals surface area contributed by atoms with Crippen LogP contribution in [0.1, 0.15) is 76.3 Å². The fourth-order valence-corrected chi connectivity index (χ4v) is 3.29. The molecule has 0 atom stereocenters. The summed E-state index contributed by atoms with van der Waals surface area (Å²) in [5.41, 5.74) is 2.73. The highest BCUT2D eigenvalue weighted by atomic mass is 16.5. The normalized spacial score (nSPS) is 10.8. The van der Waals surface area contributed by atoms with Crippen molar-refractivity contribution in [3.63, 3.8) is 0 Å². The first-order valence-electron chi connectivity index (χ1n) is 11.2. The lowest BCUT2D eigenvalue weighted by molar-refractivity contribution is 0.301. The third-order valence-corrected chi connectivity index (χ3v) is 5.24. The Morgan fingerprint density at radius 3 is 1.11 bits per heavy atom. The fourth-order valence-electron chi connectivity index (χ4n) is 3.29. The van der Waals surface area contributed by atoms with E-state index < -0.39 is 0 Å². The highest BCUT2D eigenvalue weighted by Gasteiger charge is 1.97. The molecule has 0 fully saturated rings. The number of rotatable bonds is 15. The average Bonchev–Trinajstić information content (AvgIpc) is 2.75. The molecule has 2 heteroatoms. The van der Waals surface area contributed by atoms with E-state index in [1.165, 1.54) is 49.7 Å². The van der Waals surface area contributed by atoms with Gasteiger partial charge < -0.3 is 9.47 Å². The molecular formula is C26H38O2. The van der Waals surface area contributed by atoms with Crippen LogP contribution in [0.15, 0.2) is 48.5 Å². The van der Waals surface area contributed by atoms with Crippen LogP contribution >= 0.6 is 0 Å². The molecule has 2 rings (SSSR count). The van der Waals surface area contributed by atoms with Gasteiger partial charge in [0.05, 0.1) is 13.2 Å². The van der Waals surface area contributed by atoms with Crippen LogP contribution in [-0.2, 0) is 12.8 Å². The van der Waals surface area contributed by atoms with Crippen molar-refractivity contribution in [1.29, 1.82) is 0 Å².